The average Bonchev–Trinajstić information content (AvgIpc) is 2.59. The van der Waals surface area contributed by atoms with E-state index in [4.69, 9.17) is 5.73 Å². The van der Waals surface area contributed by atoms with Gasteiger partial charge in [0.05, 0.1) is 0 Å². The van der Waals surface area contributed by atoms with Gasteiger partial charge >= 0.3 is 0 Å². The highest BCUT2D eigenvalue weighted by atomic mass is 15.3. The first-order valence-electron chi connectivity index (χ1n) is 9.02. The standard InChI is InChI=1S/C18H37N3/c1-6-15-13-20(5)10-7-11-21(15)17-12-14(18(2,3)4)8-9-16(17)19/h14-17H,6-13,19H2,1-5H3. The Hall–Kier alpha value is -0.120. The molecule has 3 heteroatoms. The number of nitrogens with two attached hydrogens (primary N) is 1. The molecule has 124 valence electrons. The second-order valence-corrected chi connectivity index (χ2v) is 8.52. The van der Waals surface area contributed by atoms with Crippen molar-refractivity contribution < 1.29 is 0 Å². The van der Waals surface area contributed by atoms with Crippen LogP contribution in [0.1, 0.15) is 59.8 Å². The van der Waals surface area contributed by atoms with E-state index in [-0.39, 0.29) is 0 Å². The van der Waals surface area contributed by atoms with E-state index in [2.05, 4.69) is 44.5 Å². The van der Waals surface area contributed by atoms with Crippen LogP contribution in [0.2, 0.25) is 0 Å². The molecule has 0 aromatic rings. The number of rotatable bonds is 2. The molecule has 1 saturated heterocycles. The van der Waals surface area contributed by atoms with Crippen LogP contribution in [0.25, 0.3) is 0 Å². The molecule has 1 aliphatic heterocycles. The van der Waals surface area contributed by atoms with Gasteiger partial charge in [0, 0.05) is 31.2 Å². The molecule has 2 rings (SSSR count). The normalized spacial score (nSPS) is 37.4. The third kappa shape index (κ3) is 4.20. The second kappa shape index (κ2) is 6.97. The Morgan fingerprint density at radius 3 is 2.48 bits per heavy atom. The molecule has 0 aromatic heterocycles. The predicted molar refractivity (Wildman–Crippen MR) is 91.5 cm³/mol. The molecule has 2 N–H and O–H groups in total. The van der Waals surface area contributed by atoms with E-state index in [0.717, 1.165) is 5.92 Å². The lowest BCUT2D eigenvalue weighted by molar-refractivity contribution is 0.0419. The Morgan fingerprint density at radius 2 is 1.86 bits per heavy atom. The summed E-state index contributed by atoms with van der Waals surface area (Å²) < 4.78 is 0. The first-order valence-corrected chi connectivity index (χ1v) is 9.02. The molecule has 2 aliphatic rings. The Labute approximate surface area is 132 Å². The molecule has 4 unspecified atom stereocenters. The van der Waals surface area contributed by atoms with Crippen LogP contribution < -0.4 is 5.73 Å². The second-order valence-electron chi connectivity index (χ2n) is 8.52. The highest BCUT2D eigenvalue weighted by molar-refractivity contribution is 4.95. The van der Waals surface area contributed by atoms with Crippen molar-refractivity contribution in [3.8, 4) is 0 Å². The van der Waals surface area contributed by atoms with E-state index < -0.39 is 0 Å². The fraction of sp³-hybridized carbons (Fsp3) is 1.00. The topological polar surface area (TPSA) is 32.5 Å². The van der Waals surface area contributed by atoms with Gasteiger partial charge in [-0.25, -0.2) is 0 Å². The van der Waals surface area contributed by atoms with E-state index in [1.54, 1.807) is 0 Å². The Kier molecular flexibility index (Phi) is 5.72. The minimum Gasteiger partial charge on any atom is -0.326 e. The number of hydrogen-bond donors (Lipinski definition) is 1. The summed E-state index contributed by atoms with van der Waals surface area (Å²) in [5.74, 6) is 0.820. The van der Waals surface area contributed by atoms with Gasteiger partial charge in [-0.15, -0.1) is 0 Å². The Bertz CT molecular complexity index is 323. The molecule has 1 heterocycles. The van der Waals surface area contributed by atoms with Crippen LogP contribution in [-0.2, 0) is 0 Å². The van der Waals surface area contributed by atoms with Gasteiger partial charge in [-0.1, -0.05) is 27.7 Å². The summed E-state index contributed by atoms with van der Waals surface area (Å²) in [6, 6.07) is 1.66. The number of likely N-dealkylation sites (N-methyl/N-ethyl adjacent to an activating group) is 1. The smallest absolute Gasteiger partial charge is 0.0253 e. The maximum atomic E-state index is 6.56. The fourth-order valence-corrected chi connectivity index (χ4v) is 4.40. The summed E-state index contributed by atoms with van der Waals surface area (Å²) in [5, 5.41) is 0. The Morgan fingerprint density at radius 1 is 1.14 bits per heavy atom. The van der Waals surface area contributed by atoms with Crippen LogP contribution in [0.5, 0.6) is 0 Å². The highest BCUT2D eigenvalue weighted by Gasteiger charge is 2.39. The zero-order valence-corrected chi connectivity index (χ0v) is 14.9. The van der Waals surface area contributed by atoms with Crippen molar-refractivity contribution in [3.63, 3.8) is 0 Å². The summed E-state index contributed by atoms with van der Waals surface area (Å²) in [7, 11) is 2.27. The van der Waals surface area contributed by atoms with Gasteiger partial charge in [0.15, 0.2) is 0 Å². The van der Waals surface area contributed by atoms with Gasteiger partial charge in [-0.05, 0) is 57.0 Å². The highest BCUT2D eigenvalue weighted by Crippen LogP contribution is 2.39. The molecule has 0 bridgehead atoms. The maximum Gasteiger partial charge on any atom is 0.0253 e. The molecule has 3 nitrogen and oxygen atoms in total. The van der Waals surface area contributed by atoms with Gasteiger partial charge in [0.25, 0.3) is 0 Å². The summed E-state index contributed by atoms with van der Waals surface area (Å²) >= 11 is 0. The van der Waals surface area contributed by atoms with Crippen LogP contribution >= 0.6 is 0 Å². The zero-order chi connectivity index (χ0) is 15.6. The fourth-order valence-electron chi connectivity index (χ4n) is 4.40. The van der Waals surface area contributed by atoms with Gasteiger partial charge in [-0.2, -0.15) is 0 Å². The van der Waals surface area contributed by atoms with Crippen LogP contribution in [-0.4, -0.2) is 54.6 Å². The lowest BCUT2D eigenvalue weighted by atomic mass is 9.69. The van der Waals surface area contributed by atoms with Crippen LogP contribution in [0.15, 0.2) is 0 Å². The van der Waals surface area contributed by atoms with Crippen molar-refractivity contribution in [2.45, 2.75) is 77.9 Å². The number of hydrogen-bond acceptors (Lipinski definition) is 3. The number of nitrogens with zero attached hydrogens (tertiary/aromatic N) is 2. The van der Waals surface area contributed by atoms with Gasteiger partial charge in [0.2, 0.25) is 0 Å². The monoisotopic (exact) mass is 295 g/mol. The van der Waals surface area contributed by atoms with Crippen molar-refractivity contribution in [2.24, 2.45) is 17.1 Å². The maximum absolute atomic E-state index is 6.56. The molecule has 1 aliphatic carbocycles. The van der Waals surface area contributed by atoms with Crippen molar-refractivity contribution in [1.82, 2.24) is 9.80 Å². The van der Waals surface area contributed by atoms with E-state index in [1.165, 1.54) is 51.7 Å². The summed E-state index contributed by atoms with van der Waals surface area (Å²) in [6.45, 7) is 13.2. The van der Waals surface area contributed by atoms with Crippen LogP contribution in [0.3, 0.4) is 0 Å². The molecule has 21 heavy (non-hydrogen) atoms. The first kappa shape index (κ1) is 17.2. The lowest BCUT2D eigenvalue weighted by Gasteiger charge is -2.47. The molecular weight excluding hydrogens is 258 g/mol. The van der Waals surface area contributed by atoms with E-state index in [0.29, 0.717) is 23.5 Å². The molecule has 4 atom stereocenters. The van der Waals surface area contributed by atoms with Crippen LogP contribution in [0.4, 0.5) is 0 Å². The van der Waals surface area contributed by atoms with Crippen molar-refractivity contribution in [2.75, 3.05) is 26.7 Å². The van der Waals surface area contributed by atoms with Gasteiger partial charge < -0.3 is 10.6 Å². The molecule has 0 aromatic carbocycles. The third-order valence-corrected chi connectivity index (χ3v) is 5.94. The van der Waals surface area contributed by atoms with E-state index in [1.807, 2.05) is 0 Å². The SMILES string of the molecule is CCC1CN(C)CCCN1C1CC(C(C)(C)C)CCC1N. The predicted octanol–water partition coefficient (Wildman–Crippen LogP) is 2.94. The molecule has 0 spiro atoms. The third-order valence-electron chi connectivity index (χ3n) is 5.94. The molecule has 1 saturated carbocycles. The van der Waals surface area contributed by atoms with Crippen molar-refractivity contribution in [1.29, 1.82) is 0 Å². The van der Waals surface area contributed by atoms with E-state index in [9.17, 15) is 0 Å². The first-order chi connectivity index (χ1) is 9.82. The molecular formula is C18H37N3. The molecule has 2 fully saturated rings. The summed E-state index contributed by atoms with van der Waals surface area (Å²) in [5.41, 5.74) is 6.98. The van der Waals surface area contributed by atoms with Crippen molar-refractivity contribution >= 4 is 0 Å². The van der Waals surface area contributed by atoms with Gasteiger partial charge in [-0.3, -0.25) is 4.90 Å². The average molecular weight is 296 g/mol. The minimum atomic E-state index is 0.376. The molecule has 0 amide bonds. The van der Waals surface area contributed by atoms with E-state index >= 15 is 0 Å². The summed E-state index contributed by atoms with van der Waals surface area (Å²) in [4.78, 5) is 5.29. The van der Waals surface area contributed by atoms with Gasteiger partial charge in [0.1, 0.15) is 0 Å². The lowest BCUT2D eigenvalue weighted by Crippen LogP contribution is -2.56. The quantitative estimate of drug-likeness (QED) is 0.850. The van der Waals surface area contributed by atoms with Crippen molar-refractivity contribution in [3.05, 3.63) is 0 Å². The largest absolute Gasteiger partial charge is 0.326 e. The summed E-state index contributed by atoms with van der Waals surface area (Å²) in [6.07, 6.45) is 6.34. The minimum absolute atomic E-state index is 0.376. The Balaban J connectivity index is 2.12. The zero-order valence-electron chi connectivity index (χ0n) is 14.9. The molecule has 0 radical (unpaired) electrons. The van der Waals surface area contributed by atoms with Crippen LogP contribution in [0, 0.1) is 11.3 Å².